The molecule has 0 bridgehead atoms. The van der Waals surface area contributed by atoms with Crippen molar-refractivity contribution in [3.63, 3.8) is 0 Å². The van der Waals surface area contributed by atoms with Crippen molar-refractivity contribution in [1.82, 2.24) is 9.88 Å². The third-order valence-electron chi connectivity index (χ3n) is 4.50. The molecule has 2 aliphatic heterocycles. The van der Waals surface area contributed by atoms with E-state index in [9.17, 15) is 0 Å². The zero-order valence-corrected chi connectivity index (χ0v) is 11.8. The van der Waals surface area contributed by atoms with Crippen molar-refractivity contribution >= 4 is 5.69 Å². The lowest BCUT2D eigenvalue weighted by molar-refractivity contribution is 0.163. The number of aromatic nitrogens is 1. The number of hydrogen-bond donors (Lipinski definition) is 1. The van der Waals surface area contributed by atoms with E-state index in [0.29, 0.717) is 12.1 Å². The Hall–Kier alpha value is -1.13. The summed E-state index contributed by atoms with van der Waals surface area (Å²) in [6, 6.07) is 5.45. The molecule has 2 fully saturated rings. The van der Waals surface area contributed by atoms with E-state index >= 15 is 0 Å². The summed E-state index contributed by atoms with van der Waals surface area (Å²) in [5.41, 5.74) is 8.41. The van der Waals surface area contributed by atoms with Crippen LogP contribution in [0.4, 0.5) is 5.69 Å². The monoisotopic (exact) mass is 260 g/mol. The molecule has 0 aromatic carbocycles. The van der Waals surface area contributed by atoms with Crippen LogP contribution in [0.5, 0.6) is 0 Å². The van der Waals surface area contributed by atoms with Gasteiger partial charge in [-0.1, -0.05) is 0 Å². The highest BCUT2D eigenvalue weighted by molar-refractivity contribution is 5.47. The summed E-state index contributed by atoms with van der Waals surface area (Å²) in [7, 11) is 0. The topological polar surface area (TPSA) is 45.4 Å². The first kappa shape index (κ1) is 12.9. The molecule has 0 radical (unpaired) electrons. The Bertz CT molecular complexity index is 426. The molecular formula is C15H24N4. The highest BCUT2D eigenvalue weighted by Crippen LogP contribution is 2.24. The van der Waals surface area contributed by atoms with Crippen molar-refractivity contribution in [2.24, 2.45) is 5.73 Å². The van der Waals surface area contributed by atoms with E-state index in [1.54, 1.807) is 0 Å². The number of nitrogens with zero attached hydrogens (tertiary/aromatic N) is 3. The zero-order chi connectivity index (χ0) is 13.2. The maximum absolute atomic E-state index is 5.99. The standard InChI is InChI=1S/C15H24N4/c1-12-10-14(2-6-17-12)19-9-5-15(11-19)18-7-3-13(16)4-8-18/h2,6,10,13,15H,3-5,7-9,11,16H2,1H3. The largest absolute Gasteiger partial charge is 0.370 e. The van der Waals surface area contributed by atoms with Gasteiger partial charge in [-0.25, -0.2) is 0 Å². The lowest BCUT2D eigenvalue weighted by Gasteiger charge is -2.34. The number of pyridine rings is 1. The SMILES string of the molecule is Cc1cc(N2CCC(N3CCC(N)CC3)C2)ccn1. The molecule has 0 spiro atoms. The molecule has 1 unspecified atom stereocenters. The highest BCUT2D eigenvalue weighted by atomic mass is 15.3. The van der Waals surface area contributed by atoms with E-state index in [1.807, 2.05) is 6.20 Å². The van der Waals surface area contributed by atoms with Gasteiger partial charge in [-0.2, -0.15) is 0 Å². The van der Waals surface area contributed by atoms with E-state index in [0.717, 1.165) is 31.6 Å². The summed E-state index contributed by atoms with van der Waals surface area (Å²) in [4.78, 5) is 9.41. The zero-order valence-electron chi connectivity index (χ0n) is 11.8. The van der Waals surface area contributed by atoms with Gasteiger partial charge in [0.05, 0.1) is 0 Å². The van der Waals surface area contributed by atoms with Crippen LogP contribution >= 0.6 is 0 Å². The Morgan fingerprint density at radius 2 is 2.00 bits per heavy atom. The predicted octanol–water partition coefficient (Wildman–Crippen LogP) is 1.39. The number of nitrogens with two attached hydrogens (primary N) is 1. The highest BCUT2D eigenvalue weighted by Gasteiger charge is 2.29. The van der Waals surface area contributed by atoms with Crippen molar-refractivity contribution in [3.05, 3.63) is 24.0 Å². The second-order valence-electron chi connectivity index (χ2n) is 5.92. The van der Waals surface area contributed by atoms with Crippen LogP contribution in [-0.2, 0) is 0 Å². The summed E-state index contributed by atoms with van der Waals surface area (Å²) in [5.74, 6) is 0. The van der Waals surface area contributed by atoms with Crippen LogP contribution in [0.1, 0.15) is 25.0 Å². The van der Waals surface area contributed by atoms with Crippen LogP contribution in [0.2, 0.25) is 0 Å². The molecule has 1 aromatic heterocycles. The van der Waals surface area contributed by atoms with Crippen LogP contribution in [0.15, 0.2) is 18.3 Å². The lowest BCUT2D eigenvalue weighted by Crippen LogP contribution is -2.46. The van der Waals surface area contributed by atoms with Crippen molar-refractivity contribution < 1.29 is 0 Å². The Labute approximate surface area is 115 Å². The Balaban J connectivity index is 1.61. The molecule has 0 saturated carbocycles. The van der Waals surface area contributed by atoms with Crippen molar-refractivity contribution in [2.45, 2.75) is 38.3 Å². The van der Waals surface area contributed by atoms with Crippen LogP contribution in [0, 0.1) is 6.92 Å². The van der Waals surface area contributed by atoms with E-state index < -0.39 is 0 Å². The van der Waals surface area contributed by atoms with Gasteiger partial charge in [-0.05, 0) is 51.4 Å². The molecular weight excluding hydrogens is 236 g/mol. The van der Waals surface area contributed by atoms with Gasteiger partial charge in [0.25, 0.3) is 0 Å². The molecule has 4 nitrogen and oxygen atoms in total. The van der Waals surface area contributed by atoms with Crippen LogP contribution in [0.3, 0.4) is 0 Å². The third-order valence-corrected chi connectivity index (χ3v) is 4.50. The molecule has 19 heavy (non-hydrogen) atoms. The minimum Gasteiger partial charge on any atom is -0.370 e. The first-order valence-corrected chi connectivity index (χ1v) is 7.39. The minimum absolute atomic E-state index is 0.427. The number of aryl methyl sites for hydroxylation is 1. The number of hydrogen-bond acceptors (Lipinski definition) is 4. The minimum atomic E-state index is 0.427. The number of anilines is 1. The summed E-state index contributed by atoms with van der Waals surface area (Å²) < 4.78 is 0. The van der Waals surface area contributed by atoms with Gasteiger partial charge in [0.15, 0.2) is 0 Å². The van der Waals surface area contributed by atoms with Gasteiger partial charge < -0.3 is 10.6 Å². The molecule has 2 N–H and O–H groups in total. The fraction of sp³-hybridized carbons (Fsp3) is 0.667. The lowest BCUT2D eigenvalue weighted by atomic mass is 10.0. The summed E-state index contributed by atoms with van der Waals surface area (Å²) in [6.45, 7) is 6.72. The van der Waals surface area contributed by atoms with Crippen LogP contribution in [-0.4, -0.2) is 48.1 Å². The smallest absolute Gasteiger partial charge is 0.0400 e. The van der Waals surface area contributed by atoms with Crippen LogP contribution in [0.25, 0.3) is 0 Å². The maximum atomic E-state index is 5.99. The van der Waals surface area contributed by atoms with Crippen LogP contribution < -0.4 is 10.6 Å². The molecule has 4 heteroatoms. The molecule has 0 aliphatic carbocycles. The van der Waals surface area contributed by atoms with Crippen molar-refractivity contribution in [3.8, 4) is 0 Å². The van der Waals surface area contributed by atoms with Gasteiger partial charge in [0, 0.05) is 42.8 Å². The Kier molecular flexibility index (Phi) is 3.71. The maximum Gasteiger partial charge on any atom is 0.0400 e. The van der Waals surface area contributed by atoms with Gasteiger partial charge in [-0.3, -0.25) is 9.88 Å². The first-order chi connectivity index (χ1) is 9.22. The summed E-state index contributed by atoms with van der Waals surface area (Å²) >= 11 is 0. The van der Waals surface area contributed by atoms with Crippen molar-refractivity contribution in [2.75, 3.05) is 31.1 Å². The molecule has 2 aliphatic rings. The number of rotatable bonds is 2. The van der Waals surface area contributed by atoms with Crippen molar-refractivity contribution in [1.29, 1.82) is 0 Å². The van der Waals surface area contributed by atoms with Gasteiger partial charge in [-0.15, -0.1) is 0 Å². The Morgan fingerprint density at radius 1 is 1.21 bits per heavy atom. The fourth-order valence-corrected chi connectivity index (χ4v) is 3.29. The average Bonchev–Trinajstić information content (AvgIpc) is 2.89. The van der Waals surface area contributed by atoms with E-state index in [2.05, 4.69) is 33.8 Å². The predicted molar refractivity (Wildman–Crippen MR) is 78.4 cm³/mol. The molecule has 3 rings (SSSR count). The van der Waals surface area contributed by atoms with Gasteiger partial charge in [0.2, 0.25) is 0 Å². The second kappa shape index (κ2) is 5.47. The van der Waals surface area contributed by atoms with E-state index in [4.69, 9.17) is 5.73 Å². The molecule has 0 amide bonds. The molecule has 3 heterocycles. The molecule has 2 saturated heterocycles. The Morgan fingerprint density at radius 3 is 2.74 bits per heavy atom. The molecule has 1 aromatic rings. The second-order valence-corrected chi connectivity index (χ2v) is 5.92. The summed E-state index contributed by atoms with van der Waals surface area (Å²) in [5, 5.41) is 0. The number of likely N-dealkylation sites (tertiary alicyclic amines) is 1. The number of piperidine rings is 1. The average molecular weight is 260 g/mol. The first-order valence-electron chi connectivity index (χ1n) is 7.39. The molecule has 104 valence electrons. The summed E-state index contributed by atoms with van der Waals surface area (Å²) in [6.07, 6.45) is 5.50. The normalized spacial score (nSPS) is 26.0. The van der Waals surface area contributed by atoms with E-state index in [1.165, 1.54) is 25.2 Å². The quantitative estimate of drug-likeness (QED) is 0.873. The van der Waals surface area contributed by atoms with E-state index in [-0.39, 0.29) is 0 Å². The van der Waals surface area contributed by atoms with Gasteiger partial charge in [0.1, 0.15) is 0 Å². The third kappa shape index (κ3) is 2.90. The molecule has 1 atom stereocenters. The van der Waals surface area contributed by atoms with Gasteiger partial charge >= 0.3 is 0 Å². The fourth-order valence-electron chi connectivity index (χ4n) is 3.29.